The Bertz CT molecular complexity index is 265. The summed E-state index contributed by atoms with van der Waals surface area (Å²) in [4.78, 5) is 4.80. The summed E-state index contributed by atoms with van der Waals surface area (Å²) in [6, 6.07) is 0. The first-order valence-electron chi connectivity index (χ1n) is 8.41. The fourth-order valence-corrected chi connectivity index (χ4v) is 3.34. The molecular weight excluding hydrogens is 252 g/mol. The van der Waals surface area contributed by atoms with Gasteiger partial charge < -0.3 is 14.7 Å². The average Bonchev–Trinajstić information content (AvgIpc) is 2.42. The summed E-state index contributed by atoms with van der Waals surface area (Å²) >= 11 is 0. The Morgan fingerprint density at radius 3 is 2.55 bits per heavy atom. The minimum Gasteiger partial charge on any atom is -0.390 e. The van der Waals surface area contributed by atoms with Gasteiger partial charge in [0.05, 0.1) is 18.8 Å². The molecule has 0 aliphatic carbocycles. The van der Waals surface area contributed by atoms with E-state index in [2.05, 4.69) is 23.6 Å². The van der Waals surface area contributed by atoms with Crippen LogP contribution >= 0.6 is 0 Å². The summed E-state index contributed by atoms with van der Waals surface area (Å²) in [6.07, 6.45) is 5.02. The van der Waals surface area contributed by atoms with Gasteiger partial charge in [-0.05, 0) is 38.3 Å². The fraction of sp³-hybridized carbons (Fsp3) is 1.00. The molecule has 2 heterocycles. The van der Waals surface area contributed by atoms with Gasteiger partial charge in [-0.2, -0.15) is 0 Å². The Labute approximate surface area is 124 Å². The maximum atomic E-state index is 10.3. The average molecular weight is 284 g/mol. The first-order chi connectivity index (χ1) is 9.67. The number of ether oxygens (including phenoxy) is 1. The minimum atomic E-state index is -0.219. The lowest BCUT2D eigenvalue weighted by atomic mass is 9.99. The van der Waals surface area contributed by atoms with Gasteiger partial charge in [0.2, 0.25) is 0 Å². The number of morpholine rings is 1. The molecule has 4 nitrogen and oxygen atoms in total. The number of aliphatic hydroxyl groups excluding tert-OH is 1. The van der Waals surface area contributed by atoms with Crippen LogP contribution in [0.15, 0.2) is 0 Å². The first kappa shape index (κ1) is 16.2. The third-order valence-electron chi connectivity index (χ3n) is 4.65. The van der Waals surface area contributed by atoms with Crippen LogP contribution < -0.4 is 0 Å². The van der Waals surface area contributed by atoms with Crippen molar-refractivity contribution in [3.63, 3.8) is 0 Å². The van der Waals surface area contributed by atoms with Crippen LogP contribution in [-0.4, -0.2) is 73.0 Å². The summed E-state index contributed by atoms with van der Waals surface area (Å²) in [5.74, 6) is 0.859. The van der Waals surface area contributed by atoms with Gasteiger partial charge in [-0.3, -0.25) is 4.90 Å². The number of nitrogens with zero attached hydrogens (tertiary/aromatic N) is 2. The van der Waals surface area contributed by atoms with Crippen LogP contribution in [0.4, 0.5) is 0 Å². The highest BCUT2D eigenvalue weighted by Gasteiger charge is 2.23. The van der Waals surface area contributed by atoms with Crippen molar-refractivity contribution in [2.24, 2.45) is 5.92 Å². The molecule has 2 aliphatic rings. The van der Waals surface area contributed by atoms with Gasteiger partial charge in [-0.15, -0.1) is 0 Å². The zero-order chi connectivity index (χ0) is 14.4. The summed E-state index contributed by atoms with van der Waals surface area (Å²) in [5.41, 5.74) is 0. The lowest BCUT2D eigenvalue weighted by Gasteiger charge is -2.36. The molecule has 2 rings (SSSR count). The monoisotopic (exact) mass is 284 g/mol. The Hall–Kier alpha value is -0.160. The normalized spacial score (nSPS) is 28.6. The maximum absolute atomic E-state index is 10.3. The highest BCUT2D eigenvalue weighted by Crippen LogP contribution is 2.16. The van der Waals surface area contributed by atoms with Crippen molar-refractivity contribution in [2.45, 2.75) is 51.7 Å². The molecule has 0 aromatic heterocycles. The molecule has 0 spiro atoms. The Morgan fingerprint density at radius 1 is 1.15 bits per heavy atom. The topological polar surface area (TPSA) is 35.9 Å². The molecule has 0 bridgehead atoms. The predicted octanol–water partition coefficient (Wildman–Crippen LogP) is 1.58. The summed E-state index contributed by atoms with van der Waals surface area (Å²) in [7, 11) is 0. The first-order valence-corrected chi connectivity index (χ1v) is 8.41. The Kier molecular flexibility index (Phi) is 6.75. The number of hydrogen-bond donors (Lipinski definition) is 1. The summed E-state index contributed by atoms with van der Waals surface area (Å²) < 4.78 is 5.76. The predicted molar refractivity (Wildman–Crippen MR) is 81.9 cm³/mol. The molecule has 118 valence electrons. The number of likely N-dealkylation sites (tertiary alicyclic amines) is 1. The van der Waals surface area contributed by atoms with Crippen molar-refractivity contribution in [1.29, 1.82) is 0 Å². The van der Waals surface area contributed by atoms with Gasteiger partial charge in [-0.1, -0.05) is 20.3 Å². The molecule has 2 saturated heterocycles. The van der Waals surface area contributed by atoms with Crippen LogP contribution in [0, 0.1) is 5.92 Å². The van der Waals surface area contributed by atoms with E-state index in [-0.39, 0.29) is 6.10 Å². The van der Waals surface area contributed by atoms with Crippen LogP contribution in [0.3, 0.4) is 0 Å². The summed E-state index contributed by atoms with van der Waals surface area (Å²) in [5, 5.41) is 10.3. The quantitative estimate of drug-likeness (QED) is 0.803. The van der Waals surface area contributed by atoms with E-state index in [1.165, 1.54) is 19.3 Å². The molecule has 2 atom stereocenters. The zero-order valence-corrected chi connectivity index (χ0v) is 13.3. The van der Waals surface area contributed by atoms with Gasteiger partial charge in [0.15, 0.2) is 0 Å². The molecule has 4 heteroatoms. The molecule has 0 aromatic carbocycles. The van der Waals surface area contributed by atoms with Crippen molar-refractivity contribution >= 4 is 0 Å². The second-order valence-corrected chi connectivity index (χ2v) is 6.68. The van der Waals surface area contributed by atoms with Crippen LogP contribution in [0.25, 0.3) is 0 Å². The molecule has 0 amide bonds. The van der Waals surface area contributed by atoms with Crippen molar-refractivity contribution in [3.8, 4) is 0 Å². The lowest BCUT2D eigenvalue weighted by molar-refractivity contribution is -0.0470. The van der Waals surface area contributed by atoms with E-state index in [0.29, 0.717) is 6.10 Å². The van der Waals surface area contributed by atoms with Gasteiger partial charge in [0.1, 0.15) is 0 Å². The van der Waals surface area contributed by atoms with Crippen LogP contribution in [0.2, 0.25) is 0 Å². The SMILES string of the molecule is CCCC1CN(CC(O)CN2CCC(C)CC2)CCO1. The number of β-amino-alcohol motifs (C(OH)–C–C–N with tert-alkyl or cyclic N) is 1. The van der Waals surface area contributed by atoms with E-state index in [1.54, 1.807) is 0 Å². The van der Waals surface area contributed by atoms with Crippen LogP contribution in [-0.2, 0) is 4.74 Å². The molecular formula is C16H32N2O2. The van der Waals surface area contributed by atoms with E-state index in [9.17, 15) is 5.11 Å². The van der Waals surface area contributed by atoms with E-state index >= 15 is 0 Å². The van der Waals surface area contributed by atoms with Gasteiger partial charge in [0, 0.05) is 26.2 Å². The Balaban J connectivity index is 1.67. The van der Waals surface area contributed by atoms with Crippen molar-refractivity contribution in [2.75, 3.05) is 45.9 Å². The van der Waals surface area contributed by atoms with Crippen molar-refractivity contribution in [1.82, 2.24) is 9.80 Å². The van der Waals surface area contributed by atoms with Gasteiger partial charge in [0.25, 0.3) is 0 Å². The minimum absolute atomic E-state index is 0.219. The van der Waals surface area contributed by atoms with Crippen molar-refractivity contribution < 1.29 is 9.84 Å². The van der Waals surface area contributed by atoms with E-state index in [0.717, 1.165) is 58.2 Å². The number of aliphatic hydroxyl groups is 1. The van der Waals surface area contributed by atoms with E-state index in [1.807, 2.05) is 0 Å². The molecule has 0 aromatic rings. The highest BCUT2D eigenvalue weighted by atomic mass is 16.5. The smallest absolute Gasteiger partial charge is 0.0793 e. The molecule has 0 saturated carbocycles. The molecule has 1 N–H and O–H groups in total. The van der Waals surface area contributed by atoms with Crippen molar-refractivity contribution in [3.05, 3.63) is 0 Å². The van der Waals surface area contributed by atoms with Crippen LogP contribution in [0.5, 0.6) is 0 Å². The Morgan fingerprint density at radius 2 is 1.85 bits per heavy atom. The second kappa shape index (κ2) is 8.32. The highest BCUT2D eigenvalue weighted by molar-refractivity contribution is 4.77. The van der Waals surface area contributed by atoms with Gasteiger partial charge in [-0.25, -0.2) is 0 Å². The fourth-order valence-electron chi connectivity index (χ4n) is 3.34. The number of hydrogen-bond acceptors (Lipinski definition) is 4. The lowest BCUT2D eigenvalue weighted by Crippen LogP contribution is -2.48. The zero-order valence-electron chi connectivity index (χ0n) is 13.3. The third kappa shape index (κ3) is 5.32. The van der Waals surface area contributed by atoms with Gasteiger partial charge >= 0.3 is 0 Å². The molecule has 2 aliphatic heterocycles. The largest absolute Gasteiger partial charge is 0.390 e. The molecule has 2 fully saturated rings. The van der Waals surface area contributed by atoms with E-state index < -0.39 is 0 Å². The second-order valence-electron chi connectivity index (χ2n) is 6.68. The maximum Gasteiger partial charge on any atom is 0.0793 e. The standard InChI is InChI=1S/C16H32N2O2/c1-3-4-16-13-18(9-10-20-16)12-15(19)11-17-7-5-14(2)6-8-17/h14-16,19H,3-13H2,1-2H3. The van der Waals surface area contributed by atoms with Crippen LogP contribution in [0.1, 0.15) is 39.5 Å². The molecule has 20 heavy (non-hydrogen) atoms. The number of piperidine rings is 1. The molecule has 2 unspecified atom stereocenters. The molecule has 0 radical (unpaired) electrons. The third-order valence-corrected chi connectivity index (χ3v) is 4.65. The van der Waals surface area contributed by atoms with E-state index in [4.69, 9.17) is 4.74 Å². The number of rotatable bonds is 6. The summed E-state index contributed by atoms with van der Waals surface area (Å²) in [6.45, 7) is 11.2.